The highest BCUT2D eigenvalue weighted by molar-refractivity contribution is 6.34. The molecule has 1 aliphatic rings. The minimum Gasteiger partial charge on any atom is -0.414 e. The molecular weight excluding hydrogens is 93.0 g/mol. The fraction of sp³-hybridized carbons (Fsp3) is 1.00. The smallest absolute Gasteiger partial charge is 0.384 e. The van der Waals surface area contributed by atoms with Crippen molar-refractivity contribution in [3.05, 3.63) is 0 Å². The maximum atomic E-state index is 5.34. The van der Waals surface area contributed by atoms with E-state index in [9.17, 15) is 0 Å². The van der Waals surface area contributed by atoms with Gasteiger partial charge in [-0.2, -0.15) is 0 Å². The molecule has 0 saturated carbocycles. The first kappa shape index (κ1) is 4.61. The number of nitrogens with two attached hydrogens (primary N) is 1. The van der Waals surface area contributed by atoms with Gasteiger partial charge >= 0.3 is 15.4 Å². The molecule has 1 saturated heterocycles. The Hall–Kier alpha value is 0.452. The average molecular weight is 101 g/mol. The van der Waals surface area contributed by atoms with E-state index in [-0.39, 0.29) is 15.4 Å². The van der Waals surface area contributed by atoms with Gasteiger partial charge in [-0.1, -0.05) is 0 Å². The summed E-state index contributed by atoms with van der Waals surface area (Å²) in [5.74, 6) is 0. The average Bonchev–Trinajstić information content (AvgIpc) is 2.19. The Kier molecular flexibility index (Phi) is 1.16. The molecule has 0 aromatic rings. The Labute approximate surface area is 43.6 Å². The summed E-state index contributed by atoms with van der Waals surface area (Å²) in [7, 11) is 0. The summed E-state index contributed by atoms with van der Waals surface area (Å²) >= 11 is -0.310. The normalized spacial score (nSPS) is 42.3. The molecule has 6 heavy (non-hydrogen) atoms. The van der Waals surface area contributed by atoms with Crippen LogP contribution < -0.4 is 4.72 Å². The van der Waals surface area contributed by atoms with Gasteiger partial charge in [-0.3, -0.25) is 0 Å². The van der Waals surface area contributed by atoms with E-state index in [1.165, 1.54) is 0 Å². The van der Waals surface area contributed by atoms with Gasteiger partial charge in [0.1, 0.15) is 0 Å². The zero-order valence-corrected chi connectivity index (χ0v) is 5.26. The highest BCUT2D eigenvalue weighted by atomic mass is 27.1. The summed E-state index contributed by atoms with van der Waals surface area (Å²) in [4.78, 5) is 0.519. The van der Waals surface area contributed by atoms with Gasteiger partial charge in [0.15, 0.2) is 0 Å². The molecule has 1 rings (SSSR count). The Balaban J connectivity index is 2.09. The lowest BCUT2D eigenvalue weighted by Crippen LogP contribution is -2.13. The van der Waals surface area contributed by atoms with Crippen LogP contribution in [0.5, 0.6) is 0 Å². The fourth-order valence-corrected chi connectivity index (χ4v) is 1.28. The highest BCUT2D eigenvalue weighted by Gasteiger charge is 2.33. The molecule has 0 spiro atoms. The third-order valence-corrected chi connectivity index (χ3v) is 2.39. The first-order valence-electron chi connectivity index (χ1n) is 2.20. The van der Waals surface area contributed by atoms with Crippen molar-refractivity contribution in [1.82, 2.24) is 0 Å². The topological polar surface area (TPSA) is 38.5 Å². The zero-order chi connectivity index (χ0) is 4.57. The van der Waals surface area contributed by atoms with E-state index >= 15 is 0 Å². The molecule has 3 heteroatoms. The number of rotatable bonds is 1. The Bertz CT molecular complexity index is 56.8. The minimum absolute atomic E-state index is 0.310. The summed E-state index contributed by atoms with van der Waals surface area (Å²) in [6, 6.07) is 0. The molecule has 2 unspecified atom stereocenters. The monoisotopic (exact) mass is 101 g/mol. The molecule has 0 bridgehead atoms. The van der Waals surface area contributed by atoms with E-state index in [1.54, 1.807) is 0 Å². The van der Waals surface area contributed by atoms with Crippen molar-refractivity contribution in [1.29, 1.82) is 0 Å². The van der Waals surface area contributed by atoms with E-state index in [2.05, 4.69) is 6.92 Å². The summed E-state index contributed by atoms with van der Waals surface area (Å²) in [6.07, 6.45) is 0.502. The predicted octanol–water partition coefficient (Wildman–Crippen LogP) is -0.959. The summed E-state index contributed by atoms with van der Waals surface area (Å²) in [5.41, 5.74) is 0. The molecule has 1 aliphatic heterocycles. The van der Waals surface area contributed by atoms with Gasteiger partial charge in [0.25, 0.3) is 0 Å². The lowest BCUT2D eigenvalue weighted by Gasteiger charge is -1.67. The molecule has 0 aromatic carbocycles. The van der Waals surface area contributed by atoms with Crippen LogP contribution >= 0.6 is 0 Å². The molecule has 0 aliphatic carbocycles. The van der Waals surface area contributed by atoms with Crippen molar-refractivity contribution < 1.29 is 4.74 Å². The van der Waals surface area contributed by atoms with Gasteiger partial charge in [-0.05, 0) is 6.92 Å². The molecule has 0 radical (unpaired) electrons. The van der Waals surface area contributed by atoms with Gasteiger partial charge < -0.3 is 9.45 Å². The SMILES string of the molecule is CC1O[CH]1[AlH][NH2]. The Morgan fingerprint density at radius 3 is 2.33 bits per heavy atom. The molecule has 2 atom stereocenters. The lowest BCUT2D eigenvalue weighted by molar-refractivity contribution is 0.410. The number of epoxide rings is 1. The van der Waals surface area contributed by atoms with Crippen molar-refractivity contribution >= 4 is 15.4 Å². The second-order valence-corrected chi connectivity index (χ2v) is 2.89. The second kappa shape index (κ2) is 1.51. The van der Waals surface area contributed by atoms with Crippen molar-refractivity contribution in [2.75, 3.05) is 0 Å². The molecule has 1 heterocycles. The van der Waals surface area contributed by atoms with E-state index < -0.39 is 0 Å². The number of ether oxygens (including phenoxy) is 1. The van der Waals surface area contributed by atoms with Crippen LogP contribution in [0.1, 0.15) is 6.92 Å². The third kappa shape index (κ3) is 0.743. The fourth-order valence-electron chi connectivity index (χ4n) is 0.478. The number of hydrogen-bond donors (Lipinski definition) is 1. The molecule has 0 aromatic heterocycles. The molecule has 2 nitrogen and oxygen atoms in total. The van der Waals surface area contributed by atoms with Crippen LogP contribution in [0.2, 0.25) is 0 Å². The van der Waals surface area contributed by atoms with Crippen LogP contribution in [0, 0.1) is 0 Å². The van der Waals surface area contributed by atoms with Gasteiger partial charge in [-0.15, -0.1) is 0 Å². The first-order chi connectivity index (χ1) is 2.84. The van der Waals surface area contributed by atoms with E-state index in [4.69, 9.17) is 9.45 Å². The van der Waals surface area contributed by atoms with Crippen LogP contribution in [0.15, 0.2) is 0 Å². The third-order valence-electron chi connectivity index (χ3n) is 1.07. The molecule has 34 valence electrons. The standard InChI is InChI=1S/C3H5O.Al.H2N.H/c1-3-2-4-3;;;/h2-3H,1H3;;1H2;/q;+1;-1;. The van der Waals surface area contributed by atoms with Crippen LogP contribution in [0.4, 0.5) is 0 Å². The number of hydrogen-bond acceptors (Lipinski definition) is 2. The van der Waals surface area contributed by atoms with Gasteiger partial charge in [0, 0.05) is 4.97 Å². The van der Waals surface area contributed by atoms with E-state index in [1.807, 2.05) is 0 Å². The summed E-state index contributed by atoms with van der Waals surface area (Å²) in [5, 5.41) is 0. The van der Waals surface area contributed by atoms with Crippen molar-refractivity contribution in [2.45, 2.75) is 18.0 Å². The minimum atomic E-state index is -0.310. The Morgan fingerprint density at radius 2 is 2.33 bits per heavy atom. The van der Waals surface area contributed by atoms with Crippen molar-refractivity contribution in [2.24, 2.45) is 4.72 Å². The van der Waals surface area contributed by atoms with Crippen LogP contribution in [0.25, 0.3) is 0 Å². The molecule has 2 N–H and O–H groups in total. The largest absolute Gasteiger partial charge is 0.414 e. The van der Waals surface area contributed by atoms with Gasteiger partial charge in [0.2, 0.25) is 0 Å². The lowest BCUT2D eigenvalue weighted by atomic mass is 10.6. The first-order valence-corrected chi connectivity index (χ1v) is 3.83. The molecular formula is C3H8AlNO. The maximum absolute atomic E-state index is 5.34. The predicted molar refractivity (Wildman–Crippen MR) is 25.7 cm³/mol. The Morgan fingerprint density at radius 1 is 1.83 bits per heavy atom. The molecule has 0 amide bonds. The van der Waals surface area contributed by atoms with E-state index in [0.717, 1.165) is 0 Å². The highest BCUT2D eigenvalue weighted by Crippen LogP contribution is 2.16. The van der Waals surface area contributed by atoms with Crippen LogP contribution in [-0.2, 0) is 4.74 Å². The van der Waals surface area contributed by atoms with Gasteiger partial charge in [-0.25, -0.2) is 0 Å². The van der Waals surface area contributed by atoms with Crippen molar-refractivity contribution in [3.8, 4) is 0 Å². The zero-order valence-electron chi connectivity index (χ0n) is 3.85. The van der Waals surface area contributed by atoms with Gasteiger partial charge in [0.05, 0.1) is 6.10 Å². The van der Waals surface area contributed by atoms with Crippen LogP contribution in [0.3, 0.4) is 0 Å². The molecule has 1 fully saturated rings. The van der Waals surface area contributed by atoms with E-state index in [0.29, 0.717) is 11.1 Å². The van der Waals surface area contributed by atoms with Crippen molar-refractivity contribution in [3.63, 3.8) is 0 Å². The van der Waals surface area contributed by atoms with Crippen LogP contribution in [-0.4, -0.2) is 26.5 Å². The summed E-state index contributed by atoms with van der Waals surface area (Å²) in [6.45, 7) is 2.06. The maximum Gasteiger partial charge on any atom is 0.384 e. The second-order valence-electron chi connectivity index (χ2n) is 1.62. The summed E-state index contributed by atoms with van der Waals surface area (Å²) < 4.78 is 10.3. The quantitative estimate of drug-likeness (QED) is 0.341.